The van der Waals surface area contributed by atoms with E-state index in [4.69, 9.17) is 10.5 Å². The molecule has 0 fully saturated rings. The van der Waals surface area contributed by atoms with Gasteiger partial charge >= 0.3 is 0 Å². The Balaban J connectivity index is 1.93. The maximum absolute atomic E-state index is 13.4. The van der Waals surface area contributed by atoms with Gasteiger partial charge in [0.25, 0.3) is 5.56 Å². The highest BCUT2D eigenvalue weighted by Gasteiger charge is 2.37. The third-order valence-corrected chi connectivity index (χ3v) is 6.95. The van der Waals surface area contributed by atoms with E-state index >= 15 is 0 Å². The van der Waals surface area contributed by atoms with Gasteiger partial charge < -0.3 is 15.0 Å². The second kappa shape index (κ2) is 6.23. The summed E-state index contributed by atoms with van der Waals surface area (Å²) in [7, 11) is 1.74. The molecule has 1 atom stereocenters. The van der Waals surface area contributed by atoms with Gasteiger partial charge in [-0.1, -0.05) is 30.3 Å². The van der Waals surface area contributed by atoms with Crippen molar-refractivity contribution in [2.45, 2.75) is 12.8 Å². The molecular formula is C23H17N3O2S. The average Bonchev–Trinajstić information content (AvgIpc) is 3.07. The van der Waals surface area contributed by atoms with Gasteiger partial charge in [-0.15, -0.1) is 11.3 Å². The second-order valence-corrected chi connectivity index (χ2v) is 8.22. The molecule has 0 saturated heterocycles. The molecule has 1 aliphatic rings. The van der Waals surface area contributed by atoms with Gasteiger partial charge in [0.2, 0.25) is 5.88 Å². The number of rotatable bonds is 1. The lowest BCUT2D eigenvalue weighted by atomic mass is 9.86. The maximum Gasteiger partial charge on any atom is 0.258 e. The van der Waals surface area contributed by atoms with Gasteiger partial charge in [0.1, 0.15) is 17.4 Å². The molecule has 0 unspecified atom stereocenters. The summed E-state index contributed by atoms with van der Waals surface area (Å²) in [4.78, 5) is 14.4. The van der Waals surface area contributed by atoms with E-state index in [2.05, 4.69) is 12.1 Å². The molecule has 0 amide bonds. The molecule has 2 N–H and O–H groups in total. The second-order valence-electron chi connectivity index (χ2n) is 7.14. The smallest absolute Gasteiger partial charge is 0.258 e. The van der Waals surface area contributed by atoms with E-state index < -0.39 is 5.92 Å². The third-order valence-electron chi connectivity index (χ3n) is 5.61. The van der Waals surface area contributed by atoms with Crippen molar-refractivity contribution in [2.24, 2.45) is 12.8 Å². The van der Waals surface area contributed by atoms with Crippen molar-refractivity contribution in [3.63, 3.8) is 0 Å². The van der Waals surface area contributed by atoms with Crippen molar-refractivity contribution in [1.29, 1.82) is 5.26 Å². The number of hydrogen-bond donors (Lipinski definition) is 1. The molecule has 142 valence electrons. The number of nitrogens with zero attached hydrogens (tertiary/aromatic N) is 2. The lowest BCUT2D eigenvalue weighted by Crippen LogP contribution is -2.31. The van der Waals surface area contributed by atoms with Crippen molar-refractivity contribution in [1.82, 2.24) is 4.57 Å². The summed E-state index contributed by atoms with van der Waals surface area (Å²) in [5, 5.41) is 11.8. The molecule has 3 heterocycles. The molecule has 5 rings (SSSR count). The number of ether oxygens (including phenoxy) is 1. The number of para-hydroxylation sites is 1. The molecule has 4 aromatic rings. The van der Waals surface area contributed by atoms with Crippen molar-refractivity contribution in [3.05, 3.63) is 86.3 Å². The number of pyridine rings is 1. The van der Waals surface area contributed by atoms with E-state index in [0.29, 0.717) is 11.3 Å². The van der Waals surface area contributed by atoms with Gasteiger partial charge in [-0.05, 0) is 36.1 Å². The highest BCUT2D eigenvalue weighted by molar-refractivity contribution is 7.19. The number of aromatic nitrogens is 1. The Labute approximate surface area is 170 Å². The number of fused-ring (bicyclic) bond motifs is 4. The lowest BCUT2D eigenvalue weighted by molar-refractivity contribution is 0.396. The SMILES string of the molecule is Cc1c([C@H]2C(C#N)=C(N)Oc3c2c(=O)n(C)c2ccccc32)sc2ccccc12. The Kier molecular flexibility index (Phi) is 3.76. The Morgan fingerprint density at radius 2 is 1.83 bits per heavy atom. The monoisotopic (exact) mass is 399 g/mol. The quantitative estimate of drug-likeness (QED) is 0.518. The molecule has 6 heteroatoms. The maximum atomic E-state index is 13.4. The molecule has 0 saturated carbocycles. The number of thiophene rings is 1. The van der Waals surface area contributed by atoms with Crippen LogP contribution in [0.2, 0.25) is 0 Å². The average molecular weight is 399 g/mol. The number of nitriles is 1. The summed E-state index contributed by atoms with van der Waals surface area (Å²) < 4.78 is 8.60. The van der Waals surface area contributed by atoms with Crippen LogP contribution in [-0.2, 0) is 7.05 Å². The fraction of sp³-hybridized carbons (Fsp3) is 0.130. The molecule has 5 nitrogen and oxygen atoms in total. The number of hydrogen-bond acceptors (Lipinski definition) is 5. The standard InChI is InChI=1S/C23H17N3O2S/c1-12-13-7-4-6-10-17(13)29-21(12)18-15(11-24)22(25)28-20-14-8-3-5-9-16(14)26(2)23(27)19(18)20/h3-10,18H,25H2,1-2H3/t18-/m0/s1. The minimum atomic E-state index is -0.551. The highest BCUT2D eigenvalue weighted by atomic mass is 32.1. The van der Waals surface area contributed by atoms with E-state index in [9.17, 15) is 10.1 Å². The Morgan fingerprint density at radius 1 is 1.14 bits per heavy atom. The summed E-state index contributed by atoms with van der Waals surface area (Å²) in [5.74, 6) is -0.0493. The first-order chi connectivity index (χ1) is 14.0. The van der Waals surface area contributed by atoms with Gasteiger partial charge in [-0.25, -0.2) is 0 Å². The molecule has 2 aromatic carbocycles. The third kappa shape index (κ3) is 2.35. The van der Waals surface area contributed by atoms with Crippen LogP contribution >= 0.6 is 11.3 Å². The molecule has 0 radical (unpaired) electrons. The lowest BCUT2D eigenvalue weighted by Gasteiger charge is -2.27. The number of aryl methyl sites for hydroxylation is 2. The zero-order valence-corrected chi connectivity index (χ0v) is 16.7. The van der Waals surface area contributed by atoms with E-state index in [-0.39, 0.29) is 17.0 Å². The molecule has 0 bridgehead atoms. The number of nitrogens with two attached hydrogens (primary N) is 1. The van der Waals surface area contributed by atoms with Crippen LogP contribution in [0.4, 0.5) is 0 Å². The van der Waals surface area contributed by atoms with Crippen molar-refractivity contribution >= 4 is 32.3 Å². The first-order valence-corrected chi connectivity index (χ1v) is 10.0. The Morgan fingerprint density at radius 3 is 2.55 bits per heavy atom. The molecule has 29 heavy (non-hydrogen) atoms. The van der Waals surface area contributed by atoms with Crippen LogP contribution in [0.1, 0.15) is 21.9 Å². The number of allylic oxidation sites excluding steroid dienone is 1. The minimum absolute atomic E-state index is 0.0558. The van der Waals surface area contributed by atoms with Crippen LogP contribution in [0.25, 0.3) is 21.0 Å². The van der Waals surface area contributed by atoms with E-state index in [1.165, 1.54) is 0 Å². The summed E-state index contributed by atoms with van der Waals surface area (Å²) in [6, 6.07) is 17.8. The van der Waals surface area contributed by atoms with Crippen LogP contribution in [0, 0.1) is 18.3 Å². The van der Waals surface area contributed by atoms with E-state index in [1.807, 2.05) is 49.4 Å². The summed E-state index contributed by atoms with van der Waals surface area (Å²) in [6.45, 7) is 2.03. The molecular weight excluding hydrogens is 382 g/mol. The first-order valence-electron chi connectivity index (χ1n) is 9.20. The first kappa shape index (κ1) is 17.5. The van der Waals surface area contributed by atoms with Crippen LogP contribution < -0.4 is 16.0 Å². The predicted molar refractivity (Wildman–Crippen MR) is 115 cm³/mol. The zero-order chi connectivity index (χ0) is 20.3. The summed E-state index contributed by atoms with van der Waals surface area (Å²) in [5.41, 5.74) is 8.56. The number of benzene rings is 2. The highest BCUT2D eigenvalue weighted by Crippen LogP contribution is 2.47. The minimum Gasteiger partial charge on any atom is -0.439 e. The van der Waals surface area contributed by atoms with Gasteiger partial charge in [0, 0.05) is 22.0 Å². The van der Waals surface area contributed by atoms with Crippen molar-refractivity contribution in [3.8, 4) is 11.8 Å². The van der Waals surface area contributed by atoms with Crippen LogP contribution in [0.5, 0.6) is 5.75 Å². The fourth-order valence-corrected chi connectivity index (χ4v) is 5.49. The van der Waals surface area contributed by atoms with Gasteiger partial charge in [0.15, 0.2) is 0 Å². The Bertz CT molecular complexity index is 1450. The van der Waals surface area contributed by atoms with E-state index in [0.717, 1.165) is 31.4 Å². The fourth-order valence-electron chi connectivity index (χ4n) is 4.16. The summed E-state index contributed by atoms with van der Waals surface area (Å²) in [6.07, 6.45) is 0. The summed E-state index contributed by atoms with van der Waals surface area (Å²) >= 11 is 1.59. The van der Waals surface area contributed by atoms with E-state index in [1.54, 1.807) is 23.0 Å². The Hall–Kier alpha value is -3.56. The van der Waals surface area contributed by atoms with Crippen molar-refractivity contribution in [2.75, 3.05) is 0 Å². The van der Waals surface area contributed by atoms with Crippen LogP contribution in [0.15, 0.2) is 64.8 Å². The normalized spacial score (nSPS) is 16.0. The van der Waals surface area contributed by atoms with Gasteiger partial charge in [-0.3, -0.25) is 4.79 Å². The van der Waals surface area contributed by atoms with Crippen LogP contribution in [-0.4, -0.2) is 4.57 Å². The van der Waals surface area contributed by atoms with Crippen LogP contribution in [0.3, 0.4) is 0 Å². The largest absolute Gasteiger partial charge is 0.439 e. The molecule has 0 spiro atoms. The topological polar surface area (TPSA) is 81.0 Å². The predicted octanol–water partition coefficient (Wildman–Crippen LogP) is 4.28. The molecule has 1 aliphatic heterocycles. The van der Waals surface area contributed by atoms with Gasteiger partial charge in [0.05, 0.1) is 17.0 Å². The molecule has 2 aromatic heterocycles. The molecule has 0 aliphatic carbocycles. The van der Waals surface area contributed by atoms with Crippen molar-refractivity contribution < 1.29 is 4.74 Å². The van der Waals surface area contributed by atoms with Gasteiger partial charge in [-0.2, -0.15) is 5.26 Å². The zero-order valence-electron chi connectivity index (χ0n) is 15.9.